The fourth-order valence-electron chi connectivity index (χ4n) is 4.91. The number of nitrogens with one attached hydrogen (secondary N) is 1. The number of pyridine rings is 1. The zero-order chi connectivity index (χ0) is 21.5. The number of benzene rings is 1. The number of hydrogen-bond acceptors (Lipinski definition) is 5. The van der Waals surface area contributed by atoms with Gasteiger partial charge in [0.1, 0.15) is 5.82 Å². The quantitative estimate of drug-likeness (QED) is 0.544. The molecule has 31 heavy (non-hydrogen) atoms. The fraction of sp³-hybridized carbons (Fsp3) is 0.538. The summed E-state index contributed by atoms with van der Waals surface area (Å²) in [6, 6.07) is 15.1. The molecule has 0 spiro atoms. The van der Waals surface area contributed by atoms with Crippen molar-refractivity contribution in [3.8, 4) is 0 Å². The van der Waals surface area contributed by atoms with Crippen LogP contribution in [-0.2, 0) is 22.5 Å². The van der Waals surface area contributed by atoms with E-state index in [2.05, 4.69) is 41.7 Å². The molecular formula is C26H35N3O2. The number of carbonyl (C=O) groups excluding carboxylic acids is 1. The number of nitrogens with zero attached hydrogens (tertiary/aromatic N) is 2. The molecule has 1 saturated heterocycles. The largest absolute Gasteiger partial charge is 0.370 e. The normalized spacial score (nSPS) is 20.8. The van der Waals surface area contributed by atoms with Crippen LogP contribution < -0.4 is 5.32 Å². The van der Waals surface area contributed by atoms with Gasteiger partial charge >= 0.3 is 5.97 Å². The Morgan fingerprint density at radius 1 is 1.16 bits per heavy atom. The van der Waals surface area contributed by atoms with Crippen LogP contribution >= 0.6 is 0 Å². The highest BCUT2D eigenvalue weighted by Gasteiger charge is 2.37. The van der Waals surface area contributed by atoms with Crippen molar-refractivity contribution in [3.05, 3.63) is 59.3 Å². The molecule has 2 aliphatic heterocycles. The van der Waals surface area contributed by atoms with E-state index in [-0.39, 0.29) is 12.0 Å². The first-order valence-electron chi connectivity index (χ1n) is 12.0. The Hall–Kier alpha value is -2.40. The molecule has 0 saturated carbocycles. The highest BCUT2D eigenvalue weighted by atomic mass is 16.7. The Bertz CT molecular complexity index is 855. The van der Waals surface area contributed by atoms with Crippen molar-refractivity contribution in [2.75, 3.05) is 18.4 Å². The molecule has 2 atom stereocenters. The first kappa shape index (κ1) is 21.8. The van der Waals surface area contributed by atoms with Crippen LogP contribution in [0.5, 0.6) is 0 Å². The molecule has 166 valence electrons. The number of rotatable bonds is 9. The SMILES string of the molecule is CCC(=O)ON1CCC(CCCCCc2ccc3c(n2)NCCC3)C1c1ccccc1. The summed E-state index contributed by atoms with van der Waals surface area (Å²) >= 11 is 0. The summed E-state index contributed by atoms with van der Waals surface area (Å²) in [5.74, 6) is 1.48. The van der Waals surface area contributed by atoms with Gasteiger partial charge in [-0.25, -0.2) is 4.98 Å². The summed E-state index contributed by atoms with van der Waals surface area (Å²) < 4.78 is 0. The minimum Gasteiger partial charge on any atom is -0.370 e. The first-order chi connectivity index (χ1) is 15.2. The van der Waals surface area contributed by atoms with E-state index in [1.165, 1.54) is 48.9 Å². The van der Waals surface area contributed by atoms with Crippen LogP contribution in [0.2, 0.25) is 0 Å². The van der Waals surface area contributed by atoms with Gasteiger partial charge in [0, 0.05) is 25.2 Å². The molecule has 1 aromatic carbocycles. The monoisotopic (exact) mass is 421 g/mol. The van der Waals surface area contributed by atoms with Crippen LogP contribution in [0.15, 0.2) is 42.5 Å². The third-order valence-corrected chi connectivity index (χ3v) is 6.59. The second kappa shape index (κ2) is 10.8. The van der Waals surface area contributed by atoms with Gasteiger partial charge in [0.25, 0.3) is 0 Å². The predicted octanol–water partition coefficient (Wildman–Crippen LogP) is 5.47. The van der Waals surface area contributed by atoms with E-state index in [4.69, 9.17) is 9.82 Å². The summed E-state index contributed by atoms with van der Waals surface area (Å²) in [6.45, 7) is 3.71. The maximum absolute atomic E-state index is 11.9. The van der Waals surface area contributed by atoms with Crippen LogP contribution in [0.25, 0.3) is 0 Å². The average Bonchev–Trinajstić information content (AvgIpc) is 3.21. The second-order valence-corrected chi connectivity index (χ2v) is 8.80. The lowest BCUT2D eigenvalue weighted by Crippen LogP contribution is -2.28. The van der Waals surface area contributed by atoms with Gasteiger partial charge in [0.15, 0.2) is 0 Å². The Morgan fingerprint density at radius 2 is 2.03 bits per heavy atom. The molecular weight excluding hydrogens is 386 g/mol. The van der Waals surface area contributed by atoms with Crippen LogP contribution in [0.4, 0.5) is 5.82 Å². The Balaban J connectivity index is 1.27. The molecule has 5 nitrogen and oxygen atoms in total. The number of aryl methyl sites for hydroxylation is 2. The highest BCUT2D eigenvalue weighted by Crippen LogP contribution is 2.40. The van der Waals surface area contributed by atoms with Crippen molar-refractivity contribution < 1.29 is 9.63 Å². The zero-order valence-corrected chi connectivity index (χ0v) is 18.7. The van der Waals surface area contributed by atoms with Crippen molar-refractivity contribution in [2.45, 2.75) is 70.8 Å². The Labute approximate surface area is 186 Å². The van der Waals surface area contributed by atoms with Gasteiger partial charge in [-0.3, -0.25) is 4.79 Å². The predicted molar refractivity (Wildman–Crippen MR) is 124 cm³/mol. The van der Waals surface area contributed by atoms with Crippen LogP contribution in [0.1, 0.15) is 74.7 Å². The van der Waals surface area contributed by atoms with E-state index in [1.54, 1.807) is 0 Å². The summed E-state index contributed by atoms with van der Waals surface area (Å²) in [5, 5.41) is 5.36. The number of unbranched alkanes of at least 4 members (excludes halogenated alkanes) is 2. The molecule has 2 aromatic rings. The molecule has 3 heterocycles. The molecule has 2 aliphatic rings. The summed E-state index contributed by atoms with van der Waals surface area (Å²) in [6.07, 6.45) is 9.62. The summed E-state index contributed by atoms with van der Waals surface area (Å²) in [4.78, 5) is 22.4. The van der Waals surface area contributed by atoms with Crippen LogP contribution in [0, 0.1) is 5.92 Å². The lowest BCUT2D eigenvalue weighted by Gasteiger charge is -2.27. The van der Waals surface area contributed by atoms with Crippen molar-refractivity contribution in [3.63, 3.8) is 0 Å². The van der Waals surface area contributed by atoms with Crippen LogP contribution in [-0.4, -0.2) is 29.1 Å². The number of hydroxylamine groups is 2. The lowest BCUT2D eigenvalue weighted by atomic mass is 9.89. The van der Waals surface area contributed by atoms with Crippen molar-refractivity contribution in [2.24, 2.45) is 5.92 Å². The van der Waals surface area contributed by atoms with E-state index in [9.17, 15) is 4.79 Å². The van der Waals surface area contributed by atoms with E-state index in [1.807, 2.05) is 18.1 Å². The van der Waals surface area contributed by atoms with E-state index < -0.39 is 0 Å². The number of anilines is 1. The third kappa shape index (κ3) is 5.65. The maximum atomic E-state index is 11.9. The topological polar surface area (TPSA) is 54.5 Å². The number of aromatic nitrogens is 1. The molecule has 0 radical (unpaired) electrons. The summed E-state index contributed by atoms with van der Waals surface area (Å²) in [5.41, 5.74) is 3.81. The molecule has 0 amide bonds. The molecule has 0 aliphatic carbocycles. The second-order valence-electron chi connectivity index (χ2n) is 8.80. The Kier molecular flexibility index (Phi) is 7.57. The average molecular weight is 422 g/mol. The fourth-order valence-corrected chi connectivity index (χ4v) is 4.91. The minimum atomic E-state index is -0.145. The van der Waals surface area contributed by atoms with Gasteiger partial charge in [0.2, 0.25) is 0 Å². The smallest absolute Gasteiger partial charge is 0.324 e. The molecule has 1 fully saturated rings. The van der Waals surface area contributed by atoms with Gasteiger partial charge in [-0.05, 0) is 61.6 Å². The van der Waals surface area contributed by atoms with E-state index in [0.29, 0.717) is 12.3 Å². The number of carbonyl (C=O) groups is 1. The number of fused-ring (bicyclic) bond motifs is 1. The van der Waals surface area contributed by atoms with Gasteiger partial charge in [-0.1, -0.05) is 56.2 Å². The third-order valence-electron chi connectivity index (χ3n) is 6.59. The molecule has 4 rings (SSSR count). The zero-order valence-electron chi connectivity index (χ0n) is 18.7. The van der Waals surface area contributed by atoms with Gasteiger partial charge < -0.3 is 10.2 Å². The van der Waals surface area contributed by atoms with Crippen molar-refractivity contribution in [1.29, 1.82) is 0 Å². The van der Waals surface area contributed by atoms with Crippen molar-refractivity contribution in [1.82, 2.24) is 10.0 Å². The van der Waals surface area contributed by atoms with Gasteiger partial charge in [-0.2, -0.15) is 0 Å². The van der Waals surface area contributed by atoms with Gasteiger partial charge in [-0.15, -0.1) is 5.06 Å². The molecule has 1 N–H and O–H groups in total. The Morgan fingerprint density at radius 3 is 2.87 bits per heavy atom. The first-order valence-corrected chi connectivity index (χ1v) is 12.0. The van der Waals surface area contributed by atoms with E-state index in [0.717, 1.165) is 38.2 Å². The lowest BCUT2D eigenvalue weighted by molar-refractivity contribution is -0.197. The standard InChI is InChI=1S/C26H35N3O2/c1-2-24(30)31-29-19-17-21(25(29)20-10-5-3-6-11-20)12-7-4-8-14-23-16-15-22-13-9-18-27-26(22)28-23/h3,5-6,10-11,15-16,21,25H,2,4,7-9,12-14,17-19H2,1H3,(H,27,28). The van der Waals surface area contributed by atoms with Gasteiger partial charge in [0.05, 0.1) is 6.04 Å². The van der Waals surface area contributed by atoms with Crippen molar-refractivity contribution >= 4 is 11.8 Å². The van der Waals surface area contributed by atoms with E-state index >= 15 is 0 Å². The van der Waals surface area contributed by atoms with Crippen LogP contribution in [0.3, 0.4) is 0 Å². The maximum Gasteiger partial charge on any atom is 0.324 e. The molecule has 0 bridgehead atoms. The number of hydrogen-bond donors (Lipinski definition) is 1. The molecule has 2 unspecified atom stereocenters. The molecule has 5 heteroatoms. The highest BCUT2D eigenvalue weighted by molar-refractivity contribution is 5.68. The minimum absolute atomic E-state index is 0.145. The summed E-state index contributed by atoms with van der Waals surface area (Å²) in [7, 11) is 0. The molecule has 1 aromatic heterocycles.